The molecule has 1 aliphatic heterocycles. The van der Waals surface area contributed by atoms with Crippen molar-refractivity contribution in [1.29, 1.82) is 0 Å². The van der Waals surface area contributed by atoms with Gasteiger partial charge < -0.3 is 5.32 Å². The molecule has 1 aromatic rings. The van der Waals surface area contributed by atoms with E-state index in [0.717, 1.165) is 11.3 Å². The summed E-state index contributed by atoms with van der Waals surface area (Å²) in [5.41, 5.74) is 1.68. The Kier molecular flexibility index (Phi) is 1.65. The lowest BCUT2D eigenvalue weighted by atomic mass is 9.88. The molecule has 0 saturated heterocycles. The van der Waals surface area contributed by atoms with Gasteiger partial charge in [0.2, 0.25) is 0 Å². The maximum absolute atomic E-state index is 11.7. The van der Waals surface area contributed by atoms with Gasteiger partial charge in [-0.25, -0.2) is 0 Å². The minimum Gasteiger partial charge on any atom is -0.379 e. The molecule has 13 heavy (non-hydrogen) atoms. The van der Waals surface area contributed by atoms with Gasteiger partial charge in [-0.2, -0.15) is 0 Å². The molecule has 68 valence electrons. The molecule has 0 unspecified atom stereocenters. The van der Waals surface area contributed by atoms with Crippen molar-refractivity contribution in [3.8, 4) is 0 Å². The van der Waals surface area contributed by atoms with Gasteiger partial charge in [0.1, 0.15) is 0 Å². The van der Waals surface area contributed by atoms with Crippen molar-refractivity contribution in [3.63, 3.8) is 0 Å². The summed E-state index contributed by atoms with van der Waals surface area (Å²) in [6.07, 6.45) is 0.573. The van der Waals surface area contributed by atoms with E-state index in [2.05, 4.69) is 5.32 Å². The van der Waals surface area contributed by atoms with Crippen LogP contribution >= 0.6 is 0 Å². The van der Waals surface area contributed by atoms with E-state index < -0.39 is 0 Å². The summed E-state index contributed by atoms with van der Waals surface area (Å²) in [6.45, 7) is 4.08. The molecular weight excluding hydrogens is 162 g/mol. The summed E-state index contributed by atoms with van der Waals surface area (Å²) in [5.74, 6) is 0.236. The van der Waals surface area contributed by atoms with E-state index in [-0.39, 0.29) is 11.3 Å². The summed E-state index contributed by atoms with van der Waals surface area (Å²) >= 11 is 0. The third-order valence-corrected chi connectivity index (χ3v) is 2.30. The van der Waals surface area contributed by atoms with Crippen LogP contribution in [-0.4, -0.2) is 11.3 Å². The monoisotopic (exact) mass is 175 g/mol. The number of benzene rings is 1. The molecule has 1 heterocycles. The molecule has 1 aromatic carbocycles. The summed E-state index contributed by atoms with van der Waals surface area (Å²) in [6, 6.07) is 7.67. The van der Waals surface area contributed by atoms with E-state index in [4.69, 9.17) is 0 Å². The Hall–Kier alpha value is -1.31. The van der Waals surface area contributed by atoms with Crippen molar-refractivity contribution in [2.75, 3.05) is 5.32 Å². The molecule has 0 bridgehead atoms. The van der Waals surface area contributed by atoms with Gasteiger partial charge in [-0.3, -0.25) is 4.79 Å². The number of nitrogens with one attached hydrogen (secondary N) is 1. The highest BCUT2D eigenvalue weighted by Gasteiger charge is 2.29. The number of para-hydroxylation sites is 1. The molecule has 0 aliphatic carbocycles. The lowest BCUT2D eigenvalue weighted by molar-refractivity contribution is 0.0958. The van der Waals surface area contributed by atoms with Crippen molar-refractivity contribution in [3.05, 3.63) is 29.8 Å². The molecule has 2 nitrogen and oxygen atoms in total. The number of carbonyl (C=O) groups is 1. The molecule has 0 radical (unpaired) electrons. The number of hydrogen-bond donors (Lipinski definition) is 1. The second kappa shape index (κ2) is 2.59. The molecule has 1 N–H and O–H groups in total. The van der Waals surface area contributed by atoms with E-state index in [0.29, 0.717) is 6.42 Å². The van der Waals surface area contributed by atoms with Crippen LogP contribution in [0.25, 0.3) is 0 Å². The van der Waals surface area contributed by atoms with Crippen LogP contribution in [0.5, 0.6) is 0 Å². The van der Waals surface area contributed by atoms with Gasteiger partial charge in [0, 0.05) is 23.2 Å². The summed E-state index contributed by atoms with van der Waals surface area (Å²) in [4.78, 5) is 11.7. The zero-order chi connectivity index (χ0) is 9.47. The van der Waals surface area contributed by atoms with Crippen molar-refractivity contribution < 1.29 is 4.79 Å². The third-order valence-electron chi connectivity index (χ3n) is 2.30. The quantitative estimate of drug-likeness (QED) is 0.656. The molecular formula is C11H13NO. The van der Waals surface area contributed by atoms with E-state index >= 15 is 0 Å². The van der Waals surface area contributed by atoms with Gasteiger partial charge in [-0.15, -0.1) is 0 Å². The highest BCUT2D eigenvalue weighted by atomic mass is 16.1. The highest BCUT2D eigenvalue weighted by Crippen LogP contribution is 2.29. The standard InChI is InChI=1S/C11H13NO/c1-11(2)7-10(13)8-5-3-4-6-9(8)12-11/h3-6,12H,7H2,1-2H3. The number of rotatable bonds is 0. The van der Waals surface area contributed by atoms with E-state index in [1.807, 2.05) is 38.1 Å². The predicted octanol–water partition coefficient (Wildman–Crippen LogP) is 2.46. The highest BCUT2D eigenvalue weighted by molar-refractivity contribution is 6.03. The summed E-state index contributed by atoms with van der Waals surface area (Å²) in [7, 11) is 0. The molecule has 2 heteroatoms. The fourth-order valence-corrected chi connectivity index (χ4v) is 1.74. The summed E-state index contributed by atoms with van der Waals surface area (Å²) < 4.78 is 0. The zero-order valence-electron chi connectivity index (χ0n) is 7.92. The Morgan fingerprint density at radius 2 is 2.00 bits per heavy atom. The first-order valence-electron chi connectivity index (χ1n) is 4.49. The van der Waals surface area contributed by atoms with Crippen molar-refractivity contribution in [2.45, 2.75) is 25.8 Å². The average Bonchev–Trinajstić information content (AvgIpc) is 2.02. The average molecular weight is 175 g/mol. The molecule has 0 spiro atoms. The van der Waals surface area contributed by atoms with Gasteiger partial charge in [-0.1, -0.05) is 12.1 Å². The number of anilines is 1. The molecule has 0 saturated carbocycles. The number of ketones is 1. The number of fused-ring (bicyclic) bond motifs is 1. The third kappa shape index (κ3) is 1.44. The van der Waals surface area contributed by atoms with Crippen LogP contribution < -0.4 is 5.32 Å². The fraction of sp³-hybridized carbons (Fsp3) is 0.364. The SMILES string of the molecule is CC1(C)CC(=O)c2ccccc2N1. The van der Waals surface area contributed by atoms with Gasteiger partial charge in [0.15, 0.2) is 5.78 Å². The van der Waals surface area contributed by atoms with Gasteiger partial charge in [0.05, 0.1) is 0 Å². The maximum atomic E-state index is 11.7. The molecule has 0 amide bonds. The van der Waals surface area contributed by atoms with Gasteiger partial charge >= 0.3 is 0 Å². The minimum absolute atomic E-state index is 0.106. The largest absolute Gasteiger partial charge is 0.379 e. The molecule has 1 aliphatic rings. The first kappa shape index (κ1) is 8.30. The normalized spacial score (nSPS) is 19.1. The van der Waals surface area contributed by atoms with Gasteiger partial charge in [0.25, 0.3) is 0 Å². The summed E-state index contributed by atoms with van der Waals surface area (Å²) in [5, 5.41) is 3.35. The second-order valence-electron chi connectivity index (χ2n) is 4.15. The molecule has 0 atom stereocenters. The second-order valence-corrected chi connectivity index (χ2v) is 4.15. The first-order valence-corrected chi connectivity index (χ1v) is 4.49. The van der Waals surface area contributed by atoms with Crippen LogP contribution in [0, 0.1) is 0 Å². The predicted molar refractivity (Wildman–Crippen MR) is 53.1 cm³/mol. The fourth-order valence-electron chi connectivity index (χ4n) is 1.74. The molecule has 0 fully saturated rings. The Morgan fingerprint density at radius 1 is 1.31 bits per heavy atom. The van der Waals surface area contributed by atoms with Crippen molar-refractivity contribution in [1.82, 2.24) is 0 Å². The maximum Gasteiger partial charge on any atom is 0.167 e. The molecule has 2 rings (SSSR count). The lowest BCUT2D eigenvalue weighted by Gasteiger charge is -2.32. The lowest BCUT2D eigenvalue weighted by Crippen LogP contribution is -2.38. The van der Waals surface area contributed by atoms with Crippen LogP contribution in [0.2, 0.25) is 0 Å². The number of hydrogen-bond acceptors (Lipinski definition) is 2. The van der Waals surface area contributed by atoms with Crippen LogP contribution in [-0.2, 0) is 0 Å². The van der Waals surface area contributed by atoms with Crippen LogP contribution in [0.3, 0.4) is 0 Å². The Morgan fingerprint density at radius 3 is 2.77 bits per heavy atom. The Labute approximate surface area is 78.0 Å². The number of carbonyl (C=O) groups excluding carboxylic acids is 1. The molecule has 0 aromatic heterocycles. The topological polar surface area (TPSA) is 29.1 Å². The number of Topliss-reactive ketones (excluding diaryl/α,β-unsaturated/α-hetero) is 1. The Bertz CT molecular complexity index is 355. The first-order chi connectivity index (χ1) is 6.08. The van der Waals surface area contributed by atoms with Crippen molar-refractivity contribution in [2.24, 2.45) is 0 Å². The van der Waals surface area contributed by atoms with E-state index in [1.165, 1.54) is 0 Å². The van der Waals surface area contributed by atoms with Crippen LogP contribution in [0.15, 0.2) is 24.3 Å². The van der Waals surface area contributed by atoms with Gasteiger partial charge in [-0.05, 0) is 26.0 Å². The van der Waals surface area contributed by atoms with Crippen LogP contribution in [0.4, 0.5) is 5.69 Å². The van der Waals surface area contributed by atoms with Crippen molar-refractivity contribution >= 4 is 11.5 Å². The smallest absolute Gasteiger partial charge is 0.167 e. The minimum atomic E-state index is -0.106. The van der Waals surface area contributed by atoms with E-state index in [9.17, 15) is 4.79 Å². The van der Waals surface area contributed by atoms with Crippen LogP contribution in [0.1, 0.15) is 30.6 Å². The zero-order valence-corrected chi connectivity index (χ0v) is 7.92. The van der Waals surface area contributed by atoms with E-state index in [1.54, 1.807) is 0 Å². The Balaban J connectivity index is 2.49.